The van der Waals surface area contributed by atoms with Crippen LogP contribution in [0.2, 0.25) is 5.02 Å². The van der Waals surface area contributed by atoms with Gasteiger partial charge in [0.25, 0.3) is 10.1 Å². The number of ether oxygens (including phenoxy) is 1. The maximum Gasteiger partial charge on any atom is 0.342 e. The first kappa shape index (κ1) is 36.9. The molecule has 6 rings (SSSR count). The van der Waals surface area contributed by atoms with Crippen LogP contribution in [0.1, 0.15) is 31.9 Å². The summed E-state index contributed by atoms with van der Waals surface area (Å²) < 4.78 is 39.4. The first-order valence-electron chi connectivity index (χ1n) is 16.4. The van der Waals surface area contributed by atoms with Crippen molar-refractivity contribution in [1.29, 1.82) is 0 Å². The molecule has 1 atom stereocenters. The minimum atomic E-state index is -3.96. The standard InChI is InChI=1S/C37H40ClN7O5S2/c1-37(2,3)42-36(46)45(50-52(4,47)48)20-19-43-18-17-32-34(43)35(40-26-39-32)41-29-15-16-33(31(38)21-29)49-30-23-44(22-27-11-7-5-8-12-27)51(25-30)24-28-13-9-6-10-14-28/h5-18,21,23,25-26H,19-20,22,24H2,1-4H3,(H,42,46)(H,39,40,41). The summed E-state index contributed by atoms with van der Waals surface area (Å²) >= 11 is 6.79. The first-order valence-corrected chi connectivity index (χ1v) is 20.0. The highest BCUT2D eigenvalue weighted by Crippen LogP contribution is 2.36. The minimum absolute atomic E-state index is 0.0760. The summed E-state index contributed by atoms with van der Waals surface area (Å²) in [5.41, 5.74) is 3.80. The van der Waals surface area contributed by atoms with E-state index >= 15 is 0 Å². The normalized spacial score (nSPS) is 14.5. The fraction of sp³-hybridized carbons (Fsp3) is 0.243. The number of amides is 2. The topological polar surface area (TPSA) is 131 Å². The third-order valence-corrected chi connectivity index (χ3v) is 10.3. The van der Waals surface area contributed by atoms with Crippen LogP contribution in [0.15, 0.2) is 109 Å². The van der Waals surface area contributed by atoms with Gasteiger partial charge < -0.3 is 24.2 Å². The van der Waals surface area contributed by atoms with Gasteiger partial charge in [0.2, 0.25) is 0 Å². The predicted molar refractivity (Wildman–Crippen MR) is 208 cm³/mol. The van der Waals surface area contributed by atoms with Gasteiger partial charge in [0, 0.05) is 35.1 Å². The molecule has 52 heavy (non-hydrogen) atoms. The quantitative estimate of drug-likeness (QED) is 0.0928. The van der Waals surface area contributed by atoms with Gasteiger partial charge in [0.1, 0.15) is 17.6 Å². The Morgan fingerprint density at radius 1 is 0.981 bits per heavy atom. The summed E-state index contributed by atoms with van der Waals surface area (Å²) in [5, 5.41) is 9.41. The Morgan fingerprint density at radius 2 is 1.69 bits per heavy atom. The number of hydroxylamine groups is 2. The number of rotatable bonds is 13. The zero-order valence-electron chi connectivity index (χ0n) is 29.2. The molecule has 2 N–H and O–H groups in total. The Labute approximate surface area is 311 Å². The molecule has 0 saturated heterocycles. The largest absolute Gasteiger partial charge is 0.454 e. The number of urea groups is 1. The molecule has 2 amide bonds. The molecule has 12 nitrogen and oxygen atoms in total. The summed E-state index contributed by atoms with van der Waals surface area (Å²) in [7, 11) is -4.20. The molecule has 15 heteroatoms. The molecular weight excluding hydrogens is 722 g/mol. The summed E-state index contributed by atoms with van der Waals surface area (Å²) in [5.74, 6) is 2.58. The van der Waals surface area contributed by atoms with Gasteiger partial charge in [-0.25, -0.2) is 14.8 Å². The van der Waals surface area contributed by atoms with Crippen molar-refractivity contribution in [3.63, 3.8) is 0 Å². The summed E-state index contributed by atoms with van der Waals surface area (Å²) in [6.45, 7) is 6.22. The summed E-state index contributed by atoms with van der Waals surface area (Å²) in [6, 6.07) is 27.3. The lowest BCUT2D eigenvalue weighted by molar-refractivity contribution is -0.0101. The molecule has 3 aromatic carbocycles. The van der Waals surface area contributed by atoms with E-state index in [2.05, 4.69) is 66.7 Å². The van der Waals surface area contributed by atoms with Crippen LogP contribution < -0.4 is 15.4 Å². The van der Waals surface area contributed by atoms with E-state index in [1.165, 1.54) is 17.5 Å². The smallest absolute Gasteiger partial charge is 0.342 e. The monoisotopic (exact) mass is 761 g/mol. The number of halogens is 1. The highest BCUT2D eigenvalue weighted by Gasteiger charge is 2.24. The van der Waals surface area contributed by atoms with Crippen LogP contribution >= 0.6 is 22.3 Å². The summed E-state index contributed by atoms with van der Waals surface area (Å²) in [6.07, 6.45) is 6.16. The van der Waals surface area contributed by atoms with E-state index in [1.54, 1.807) is 39.1 Å². The highest BCUT2D eigenvalue weighted by atomic mass is 35.5. The Kier molecular flexibility index (Phi) is 11.2. The number of hydrogen-bond acceptors (Lipinski definition) is 9. The number of benzene rings is 3. The third-order valence-electron chi connectivity index (χ3n) is 7.61. The van der Waals surface area contributed by atoms with E-state index < -0.39 is 21.7 Å². The molecule has 1 unspecified atom stereocenters. The van der Waals surface area contributed by atoms with Crippen molar-refractivity contribution in [3.8, 4) is 5.75 Å². The van der Waals surface area contributed by atoms with Crippen LogP contribution in [0.3, 0.4) is 0 Å². The van der Waals surface area contributed by atoms with Crippen molar-refractivity contribution in [2.45, 2.75) is 45.2 Å². The van der Waals surface area contributed by atoms with Gasteiger partial charge in [-0.1, -0.05) is 82.9 Å². The lowest BCUT2D eigenvalue weighted by Crippen LogP contribution is -2.49. The molecule has 272 valence electrons. The lowest BCUT2D eigenvalue weighted by Gasteiger charge is -2.26. The van der Waals surface area contributed by atoms with Crippen molar-refractivity contribution >= 4 is 66.3 Å². The van der Waals surface area contributed by atoms with Crippen molar-refractivity contribution < 1.29 is 22.2 Å². The molecule has 0 aliphatic carbocycles. The molecule has 5 aromatic rings. The van der Waals surface area contributed by atoms with Crippen LogP contribution in [0.5, 0.6) is 5.75 Å². The summed E-state index contributed by atoms with van der Waals surface area (Å²) in [4.78, 5) is 21.7. The van der Waals surface area contributed by atoms with E-state index in [0.717, 1.165) is 29.4 Å². The van der Waals surface area contributed by atoms with Crippen LogP contribution in [0, 0.1) is 0 Å². The van der Waals surface area contributed by atoms with Crippen molar-refractivity contribution in [2.24, 2.45) is 0 Å². The van der Waals surface area contributed by atoms with E-state index in [4.69, 9.17) is 20.6 Å². The van der Waals surface area contributed by atoms with E-state index in [-0.39, 0.29) is 23.8 Å². The Hall–Kier alpha value is -4.89. The zero-order chi connectivity index (χ0) is 36.9. The number of carbonyl (C=O) groups is 1. The van der Waals surface area contributed by atoms with Crippen LogP contribution in [-0.2, 0) is 33.2 Å². The van der Waals surface area contributed by atoms with Crippen LogP contribution in [0.4, 0.5) is 16.3 Å². The maximum absolute atomic E-state index is 12.9. The molecule has 1 aliphatic rings. The first-order chi connectivity index (χ1) is 24.8. The Morgan fingerprint density at radius 3 is 2.37 bits per heavy atom. The predicted octanol–water partition coefficient (Wildman–Crippen LogP) is 7.45. The van der Waals surface area contributed by atoms with Crippen LogP contribution in [0.25, 0.3) is 11.0 Å². The molecule has 0 radical (unpaired) electrons. The van der Waals surface area contributed by atoms with Crippen molar-refractivity contribution in [3.05, 3.63) is 126 Å². The van der Waals surface area contributed by atoms with Gasteiger partial charge in [0.15, 0.2) is 11.6 Å². The van der Waals surface area contributed by atoms with E-state index in [0.29, 0.717) is 33.3 Å². The second-order valence-corrected chi connectivity index (χ2v) is 16.9. The average Bonchev–Trinajstić information content (AvgIpc) is 3.67. The van der Waals surface area contributed by atoms with Crippen molar-refractivity contribution in [2.75, 3.05) is 18.1 Å². The number of carbonyl (C=O) groups excluding carboxylic acids is 1. The van der Waals surface area contributed by atoms with Gasteiger partial charge in [0.05, 0.1) is 36.1 Å². The Balaban J connectivity index is 1.18. The van der Waals surface area contributed by atoms with Gasteiger partial charge >= 0.3 is 6.03 Å². The molecule has 0 spiro atoms. The molecule has 0 fully saturated rings. The van der Waals surface area contributed by atoms with Crippen LogP contribution in [-0.4, -0.2) is 62.1 Å². The highest BCUT2D eigenvalue weighted by molar-refractivity contribution is 8.12. The molecule has 0 bridgehead atoms. The zero-order valence-corrected chi connectivity index (χ0v) is 31.6. The van der Waals surface area contributed by atoms with E-state index in [9.17, 15) is 13.2 Å². The molecule has 0 saturated carbocycles. The van der Waals surface area contributed by atoms with E-state index in [1.807, 2.05) is 47.2 Å². The molecule has 2 aromatic heterocycles. The Bertz CT molecular complexity index is 2220. The number of anilines is 2. The minimum Gasteiger partial charge on any atom is -0.454 e. The maximum atomic E-state index is 12.9. The SMILES string of the molecule is CC(C)(C)NC(=O)N(CCn1ccc2ncnc(Nc3ccc(OC4=CN(Cc5ccccc5)S(Cc5ccccc5)=C4)c(Cl)c3)c21)OS(C)(=O)=O. The fourth-order valence-corrected chi connectivity index (χ4v) is 7.95. The van der Waals surface area contributed by atoms with Gasteiger partial charge in [-0.15, -0.1) is 4.28 Å². The molecule has 3 heterocycles. The second kappa shape index (κ2) is 15.8. The lowest BCUT2D eigenvalue weighted by atomic mass is 10.1. The van der Waals surface area contributed by atoms with Gasteiger partial charge in [-0.05, 0) is 56.2 Å². The number of nitrogens with zero attached hydrogens (tertiary/aromatic N) is 5. The van der Waals surface area contributed by atoms with Crippen molar-refractivity contribution in [1.82, 2.24) is 29.2 Å². The third kappa shape index (κ3) is 9.91. The molecule has 1 aliphatic heterocycles. The van der Waals surface area contributed by atoms with Gasteiger partial charge in [-0.2, -0.15) is 13.5 Å². The number of fused-ring (bicyclic) bond motifs is 1. The number of aromatic nitrogens is 3. The van der Waals surface area contributed by atoms with Gasteiger partial charge in [-0.3, -0.25) is 0 Å². The second-order valence-electron chi connectivity index (χ2n) is 13.1. The molecular formula is C37H40ClN7O5S2. The number of hydrogen-bond donors (Lipinski definition) is 2. The number of allylic oxidation sites excluding steroid dienone is 1. The average molecular weight is 762 g/mol. The number of nitrogens with one attached hydrogen (secondary N) is 2. The fourth-order valence-electron chi connectivity index (χ4n) is 5.41.